The van der Waals surface area contributed by atoms with Gasteiger partial charge in [0.15, 0.2) is 17.3 Å². The molecule has 1 heterocycles. The molecule has 100 valence electrons. The average Bonchev–Trinajstić information content (AvgIpc) is 2.80. The highest BCUT2D eigenvalue weighted by atomic mass is 79.9. The second-order valence-corrected chi connectivity index (χ2v) is 4.47. The maximum absolute atomic E-state index is 13.4. The average molecular weight is 333 g/mol. The quantitative estimate of drug-likeness (QED) is 0.869. The number of hydrogen-bond donors (Lipinski definition) is 1. The molecular weight excluding hydrogens is 326 g/mol. The summed E-state index contributed by atoms with van der Waals surface area (Å²) in [4.78, 5) is 10.8. The number of aromatic carboxylic acids is 1. The first-order valence-corrected chi connectivity index (χ1v) is 5.85. The van der Waals surface area contributed by atoms with Crippen molar-refractivity contribution in [3.63, 3.8) is 0 Å². The van der Waals surface area contributed by atoms with E-state index in [0.717, 1.165) is 6.07 Å². The van der Waals surface area contributed by atoms with Gasteiger partial charge in [-0.1, -0.05) is 15.9 Å². The van der Waals surface area contributed by atoms with Gasteiger partial charge in [-0.2, -0.15) is 4.39 Å². The molecule has 19 heavy (non-hydrogen) atoms. The van der Waals surface area contributed by atoms with Gasteiger partial charge in [-0.15, -0.1) is 0 Å². The molecule has 0 fully saturated rings. The zero-order chi connectivity index (χ0) is 14.0. The Hall–Kier alpha value is -1.89. The van der Waals surface area contributed by atoms with E-state index in [2.05, 4.69) is 15.9 Å². The van der Waals surface area contributed by atoms with Crippen molar-refractivity contribution in [1.82, 2.24) is 0 Å². The highest BCUT2D eigenvalue weighted by molar-refractivity contribution is 9.10. The standard InChI is InChI=1S/C12H7BrF2O4/c13-6-3-8(14)11(15)9(4-6)19-5-10-7(12(16)17)1-2-18-10/h1-4H,5H2,(H,16,17). The number of carboxylic acid groups (broad SMARTS) is 1. The maximum Gasteiger partial charge on any atom is 0.339 e. The fraction of sp³-hybridized carbons (Fsp3) is 0.0833. The van der Waals surface area contributed by atoms with Crippen LogP contribution in [0.15, 0.2) is 33.4 Å². The molecule has 1 N–H and O–H groups in total. The van der Waals surface area contributed by atoms with E-state index >= 15 is 0 Å². The van der Waals surface area contributed by atoms with Crippen LogP contribution < -0.4 is 4.74 Å². The Balaban J connectivity index is 2.19. The van der Waals surface area contributed by atoms with Crippen LogP contribution in [0.4, 0.5) is 8.78 Å². The van der Waals surface area contributed by atoms with Crippen molar-refractivity contribution >= 4 is 21.9 Å². The fourth-order valence-electron chi connectivity index (χ4n) is 1.42. The van der Waals surface area contributed by atoms with Crippen molar-refractivity contribution in [2.24, 2.45) is 0 Å². The highest BCUT2D eigenvalue weighted by Crippen LogP contribution is 2.26. The Labute approximate surface area is 114 Å². The molecule has 4 nitrogen and oxygen atoms in total. The summed E-state index contributed by atoms with van der Waals surface area (Å²) in [5, 5.41) is 8.84. The van der Waals surface area contributed by atoms with E-state index in [9.17, 15) is 13.6 Å². The predicted molar refractivity (Wildman–Crippen MR) is 64.1 cm³/mol. The monoisotopic (exact) mass is 332 g/mol. The van der Waals surface area contributed by atoms with Gasteiger partial charge in [-0.3, -0.25) is 0 Å². The van der Waals surface area contributed by atoms with Crippen LogP contribution in [0, 0.1) is 11.6 Å². The van der Waals surface area contributed by atoms with E-state index < -0.39 is 17.6 Å². The molecule has 0 saturated carbocycles. The molecule has 0 spiro atoms. The molecule has 1 aromatic carbocycles. The third-order valence-electron chi connectivity index (χ3n) is 2.29. The van der Waals surface area contributed by atoms with Crippen molar-refractivity contribution in [1.29, 1.82) is 0 Å². The number of hydrogen-bond acceptors (Lipinski definition) is 3. The largest absolute Gasteiger partial charge is 0.482 e. The summed E-state index contributed by atoms with van der Waals surface area (Å²) in [7, 11) is 0. The van der Waals surface area contributed by atoms with Crippen LogP contribution in [0.3, 0.4) is 0 Å². The van der Waals surface area contributed by atoms with E-state index in [4.69, 9.17) is 14.3 Å². The first-order chi connectivity index (χ1) is 8.99. The molecule has 2 rings (SSSR count). The van der Waals surface area contributed by atoms with Crippen molar-refractivity contribution in [3.05, 3.63) is 51.9 Å². The SMILES string of the molecule is O=C(O)c1ccoc1COc1cc(Br)cc(F)c1F. The Morgan fingerprint density at radius 2 is 2.16 bits per heavy atom. The topological polar surface area (TPSA) is 59.7 Å². The van der Waals surface area contributed by atoms with Crippen molar-refractivity contribution in [3.8, 4) is 5.75 Å². The molecule has 2 aromatic rings. The summed E-state index contributed by atoms with van der Waals surface area (Å²) in [6.07, 6.45) is 1.18. The highest BCUT2D eigenvalue weighted by Gasteiger charge is 2.16. The zero-order valence-electron chi connectivity index (χ0n) is 9.32. The Bertz CT molecular complexity index is 624. The van der Waals surface area contributed by atoms with E-state index in [1.54, 1.807) is 0 Å². The summed E-state index contributed by atoms with van der Waals surface area (Å²) >= 11 is 3.00. The number of furan rings is 1. The minimum absolute atomic E-state index is 0.0206. The minimum atomic E-state index is -1.19. The molecule has 7 heteroatoms. The van der Waals surface area contributed by atoms with Gasteiger partial charge in [0.25, 0.3) is 0 Å². The number of carbonyl (C=O) groups is 1. The van der Waals surface area contributed by atoms with Gasteiger partial charge in [0, 0.05) is 4.47 Å². The molecule has 0 saturated heterocycles. The molecule has 0 atom stereocenters. The van der Waals surface area contributed by atoms with Crippen LogP contribution in [0.1, 0.15) is 16.1 Å². The lowest BCUT2D eigenvalue weighted by Crippen LogP contribution is -2.04. The van der Waals surface area contributed by atoms with Gasteiger partial charge in [-0.05, 0) is 18.2 Å². The minimum Gasteiger partial charge on any atom is -0.482 e. The molecule has 1 aromatic heterocycles. The van der Waals surface area contributed by atoms with Crippen LogP contribution in [0.2, 0.25) is 0 Å². The lowest BCUT2D eigenvalue weighted by Gasteiger charge is -2.07. The second-order valence-electron chi connectivity index (χ2n) is 3.55. The van der Waals surface area contributed by atoms with E-state index in [1.165, 1.54) is 18.4 Å². The summed E-state index contributed by atoms with van der Waals surface area (Å²) < 4.78 is 36.8. The lowest BCUT2D eigenvalue weighted by molar-refractivity contribution is 0.0691. The van der Waals surface area contributed by atoms with Gasteiger partial charge in [0.05, 0.1) is 6.26 Å². The Morgan fingerprint density at radius 1 is 1.42 bits per heavy atom. The Kier molecular flexibility index (Phi) is 3.84. The lowest BCUT2D eigenvalue weighted by atomic mass is 10.2. The molecule has 0 aliphatic rings. The second kappa shape index (κ2) is 5.40. The fourth-order valence-corrected chi connectivity index (χ4v) is 1.83. The maximum atomic E-state index is 13.4. The molecule has 0 aliphatic carbocycles. The summed E-state index contributed by atoms with van der Waals surface area (Å²) in [6, 6.07) is 3.44. The first kappa shape index (κ1) is 13.5. The molecule has 0 aliphatic heterocycles. The number of rotatable bonds is 4. The summed E-state index contributed by atoms with van der Waals surface area (Å²) in [6.45, 7) is -0.318. The van der Waals surface area contributed by atoms with Crippen LogP contribution in [-0.2, 0) is 6.61 Å². The summed E-state index contributed by atoms with van der Waals surface area (Å²) in [5.74, 6) is -3.71. The number of ether oxygens (including phenoxy) is 1. The molecule has 0 amide bonds. The predicted octanol–water partition coefficient (Wildman–Crippen LogP) is 3.60. The number of halogens is 3. The van der Waals surface area contributed by atoms with Crippen molar-refractivity contribution in [2.75, 3.05) is 0 Å². The Morgan fingerprint density at radius 3 is 2.84 bits per heavy atom. The van der Waals surface area contributed by atoms with Gasteiger partial charge >= 0.3 is 5.97 Å². The zero-order valence-corrected chi connectivity index (χ0v) is 10.9. The smallest absolute Gasteiger partial charge is 0.339 e. The third kappa shape index (κ3) is 2.93. The van der Waals surface area contributed by atoms with Crippen molar-refractivity contribution in [2.45, 2.75) is 6.61 Å². The third-order valence-corrected chi connectivity index (χ3v) is 2.75. The van der Waals surface area contributed by atoms with E-state index in [0.29, 0.717) is 4.47 Å². The van der Waals surface area contributed by atoms with Crippen molar-refractivity contribution < 1.29 is 27.8 Å². The van der Waals surface area contributed by atoms with Gasteiger partial charge in [-0.25, -0.2) is 9.18 Å². The normalized spacial score (nSPS) is 10.5. The van der Waals surface area contributed by atoms with Crippen LogP contribution >= 0.6 is 15.9 Å². The van der Waals surface area contributed by atoms with E-state index in [1.807, 2.05) is 0 Å². The summed E-state index contributed by atoms with van der Waals surface area (Å²) in [5.41, 5.74) is -0.0872. The van der Waals surface area contributed by atoms with Crippen LogP contribution in [0.5, 0.6) is 5.75 Å². The number of carboxylic acids is 1. The van der Waals surface area contributed by atoms with Crippen LogP contribution in [-0.4, -0.2) is 11.1 Å². The van der Waals surface area contributed by atoms with E-state index in [-0.39, 0.29) is 23.7 Å². The van der Waals surface area contributed by atoms with Crippen LogP contribution in [0.25, 0.3) is 0 Å². The van der Waals surface area contributed by atoms with Gasteiger partial charge in [0.1, 0.15) is 12.2 Å². The molecule has 0 unspecified atom stereocenters. The number of benzene rings is 1. The van der Waals surface area contributed by atoms with Gasteiger partial charge in [0.2, 0.25) is 5.82 Å². The van der Waals surface area contributed by atoms with Gasteiger partial charge < -0.3 is 14.3 Å². The molecular formula is C12H7BrF2O4. The first-order valence-electron chi connectivity index (χ1n) is 5.06. The molecule has 0 radical (unpaired) electrons. The molecule has 0 bridgehead atoms.